The zero-order valence-corrected chi connectivity index (χ0v) is 13.8. The average Bonchev–Trinajstić information content (AvgIpc) is 2.53. The van der Waals surface area contributed by atoms with Crippen molar-refractivity contribution in [3.8, 4) is 0 Å². The lowest BCUT2D eigenvalue weighted by Gasteiger charge is -2.42. The van der Waals surface area contributed by atoms with Crippen LogP contribution in [0.2, 0.25) is 5.02 Å². The van der Waals surface area contributed by atoms with Gasteiger partial charge in [0.25, 0.3) is 0 Å². The van der Waals surface area contributed by atoms with Crippen LogP contribution in [-0.2, 0) is 19.9 Å². The molecule has 0 aromatic heterocycles. The number of fused-ring (bicyclic) bond motifs is 2. The Morgan fingerprint density at radius 2 is 2.25 bits per heavy atom. The summed E-state index contributed by atoms with van der Waals surface area (Å²) in [4.78, 5) is 28.2. The van der Waals surface area contributed by atoms with Gasteiger partial charge in [-0.25, -0.2) is 4.99 Å². The molecule has 0 amide bonds. The Hall–Kier alpha value is -1.92. The van der Waals surface area contributed by atoms with Gasteiger partial charge in [0.05, 0.1) is 6.04 Å². The van der Waals surface area contributed by atoms with Crippen LogP contribution < -0.4 is 5.73 Å². The lowest BCUT2D eigenvalue weighted by Crippen LogP contribution is -2.54. The van der Waals surface area contributed by atoms with Crippen LogP contribution in [0.5, 0.6) is 0 Å². The molecule has 24 heavy (non-hydrogen) atoms. The molecule has 2 aliphatic rings. The number of ether oxygens (including phenoxy) is 1. The van der Waals surface area contributed by atoms with Crippen molar-refractivity contribution in [1.29, 1.82) is 0 Å². The summed E-state index contributed by atoms with van der Waals surface area (Å²) in [6.45, 7) is 0. The summed E-state index contributed by atoms with van der Waals surface area (Å²) in [5.74, 6) is -0.782. The molecule has 6 nitrogen and oxygen atoms in total. The number of nitrogens with zero attached hydrogens (tertiary/aromatic N) is 1. The summed E-state index contributed by atoms with van der Waals surface area (Å²) in [5, 5.41) is 9.30. The fourth-order valence-electron chi connectivity index (χ4n) is 3.34. The molecule has 3 rings (SSSR count). The Morgan fingerprint density at radius 3 is 2.96 bits per heavy atom. The molecule has 0 saturated heterocycles. The molecule has 3 N–H and O–H groups in total. The number of carbonyl (C=O) groups is 2. The summed E-state index contributed by atoms with van der Waals surface area (Å²) in [6.07, 6.45) is 1.47. The molecule has 3 atom stereocenters. The Bertz CT molecular complexity index is 706. The smallest absolute Gasteiger partial charge is 0.303 e. The van der Waals surface area contributed by atoms with Crippen LogP contribution in [0.1, 0.15) is 37.7 Å². The Balaban J connectivity index is 2.01. The largest absolute Gasteiger partial charge is 0.481 e. The van der Waals surface area contributed by atoms with Crippen molar-refractivity contribution in [2.24, 2.45) is 10.7 Å². The van der Waals surface area contributed by atoms with Gasteiger partial charge < -0.3 is 15.6 Å². The molecule has 2 bridgehead atoms. The van der Waals surface area contributed by atoms with Gasteiger partial charge in [-0.3, -0.25) is 9.59 Å². The van der Waals surface area contributed by atoms with E-state index in [0.29, 0.717) is 23.4 Å². The van der Waals surface area contributed by atoms with Gasteiger partial charge in [-0.2, -0.15) is 0 Å². The third kappa shape index (κ3) is 2.91. The number of aliphatic imine (C=N–C) groups is 1. The first-order valence-corrected chi connectivity index (χ1v) is 8.35. The second kappa shape index (κ2) is 6.53. The Labute approximate surface area is 144 Å². The maximum atomic E-state index is 12.9. The van der Waals surface area contributed by atoms with Crippen molar-refractivity contribution < 1.29 is 19.4 Å². The fraction of sp³-hybridized carbons (Fsp3) is 0.471. The topological polar surface area (TPSA) is 102 Å². The molecule has 1 saturated carbocycles. The van der Waals surface area contributed by atoms with E-state index in [0.717, 1.165) is 6.42 Å². The number of benzene rings is 1. The summed E-state index contributed by atoms with van der Waals surface area (Å²) in [6, 6.07) is 6.50. The van der Waals surface area contributed by atoms with Crippen molar-refractivity contribution in [2.45, 2.75) is 49.8 Å². The molecule has 0 unspecified atom stereocenters. The first-order chi connectivity index (χ1) is 11.4. The number of aliphatic carboxylic acids is 1. The average molecular weight is 351 g/mol. The maximum absolute atomic E-state index is 12.9. The van der Waals surface area contributed by atoms with Crippen LogP contribution in [0.25, 0.3) is 0 Å². The van der Waals surface area contributed by atoms with Gasteiger partial charge in [0.2, 0.25) is 11.7 Å². The number of rotatable bonds is 5. The predicted octanol–water partition coefficient (Wildman–Crippen LogP) is 2.28. The van der Waals surface area contributed by atoms with E-state index in [1.54, 1.807) is 18.2 Å². The quantitative estimate of drug-likeness (QED) is 0.848. The van der Waals surface area contributed by atoms with Gasteiger partial charge in [-0.1, -0.05) is 29.8 Å². The van der Waals surface area contributed by atoms with Gasteiger partial charge >= 0.3 is 5.97 Å². The Kier molecular flexibility index (Phi) is 4.60. The lowest BCUT2D eigenvalue weighted by atomic mass is 9.73. The molecule has 1 fully saturated rings. The van der Waals surface area contributed by atoms with E-state index in [2.05, 4.69) is 4.99 Å². The zero-order chi connectivity index (χ0) is 17.3. The van der Waals surface area contributed by atoms with Crippen molar-refractivity contribution in [3.63, 3.8) is 0 Å². The second-order valence-corrected chi connectivity index (χ2v) is 6.60. The van der Waals surface area contributed by atoms with E-state index in [9.17, 15) is 9.59 Å². The van der Waals surface area contributed by atoms with E-state index in [1.807, 2.05) is 6.07 Å². The molecular weight excluding hydrogens is 332 g/mol. The van der Waals surface area contributed by atoms with Gasteiger partial charge in [-0.15, -0.1) is 0 Å². The number of hydrogen-bond acceptors (Lipinski definition) is 5. The van der Waals surface area contributed by atoms with E-state index in [4.69, 9.17) is 27.2 Å². The Morgan fingerprint density at radius 1 is 1.50 bits per heavy atom. The molecule has 0 spiro atoms. The number of halogens is 1. The van der Waals surface area contributed by atoms with Gasteiger partial charge in [0, 0.05) is 17.0 Å². The van der Waals surface area contributed by atoms with Crippen LogP contribution in [0.3, 0.4) is 0 Å². The highest BCUT2D eigenvalue weighted by Crippen LogP contribution is 2.44. The van der Waals surface area contributed by atoms with Crippen LogP contribution >= 0.6 is 11.6 Å². The minimum absolute atomic E-state index is 0.0821. The summed E-state index contributed by atoms with van der Waals surface area (Å²) in [5.41, 5.74) is 5.64. The van der Waals surface area contributed by atoms with Gasteiger partial charge in [0.15, 0.2) is 11.6 Å². The minimum atomic E-state index is -1.07. The molecule has 1 aliphatic heterocycles. The minimum Gasteiger partial charge on any atom is -0.481 e. The summed E-state index contributed by atoms with van der Waals surface area (Å²) in [7, 11) is 0. The number of ketones is 1. The van der Waals surface area contributed by atoms with E-state index < -0.39 is 23.7 Å². The highest BCUT2D eigenvalue weighted by Gasteiger charge is 2.52. The van der Waals surface area contributed by atoms with Gasteiger partial charge in [-0.05, 0) is 31.7 Å². The first kappa shape index (κ1) is 16.9. The van der Waals surface area contributed by atoms with Crippen LogP contribution in [-0.4, -0.2) is 34.9 Å². The normalized spacial score (nSPS) is 27.2. The zero-order valence-electron chi connectivity index (χ0n) is 13.1. The van der Waals surface area contributed by atoms with Crippen molar-refractivity contribution in [3.05, 3.63) is 34.9 Å². The SMILES string of the molecule is N[C@@H](CCC(=O)O)C1=N[C@@]2(c3ccccc3Cl)CCC[C@@H](O1)C2=O. The molecule has 1 aromatic carbocycles. The number of carbonyl (C=O) groups excluding carboxylic acids is 1. The van der Waals surface area contributed by atoms with E-state index in [1.165, 1.54) is 0 Å². The predicted molar refractivity (Wildman–Crippen MR) is 89.1 cm³/mol. The third-order valence-electron chi connectivity index (χ3n) is 4.57. The molecule has 1 aromatic rings. The van der Waals surface area contributed by atoms with Gasteiger partial charge in [0.1, 0.15) is 0 Å². The van der Waals surface area contributed by atoms with E-state index >= 15 is 0 Å². The maximum Gasteiger partial charge on any atom is 0.303 e. The third-order valence-corrected chi connectivity index (χ3v) is 4.90. The first-order valence-electron chi connectivity index (χ1n) is 7.97. The highest BCUT2D eigenvalue weighted by molar-refractivity contribution is 6.32. The number of Topliss-reactive ketones (excluding diaryl/α,β-unsaturated/α-hetero) is 1. The molecule has 0 radical (unpaired) electrons. The molecule has 1 heterocycles. The van der Waals surface area contributed by atoms with Crippen LogP contribution in [0.4, 0.5) is 0 Å². The molecule has 7 heteroatoms. The number of carboxylic acids is 1. The number of nitrogens with two attached hydrogens (primary N) is 1. The monoisotopic (exact) mass is 350 g/mol. The molecule has 1 aliphatic carbocycles. The van der Waals surface area contributed by atoms with E-state index in [-0.39, 0.29) is 24.5 Å². The highest BCUT2D eigenvalue weighted by atomic mass is 35.5. The van der Waals surface area contributed by atoms with Crippen LogP contribution in [0, 0.1) is 0 Å². The summed E-state index contributed by atoms with van der Waals surface area (Å²) >= 11 is 6.32. The summed E-state index contributed by atoms with van der Waals surface area (Å²) < 4.78 is 5.69. The van der Waals surface area contributed by atoms with Crippen LogP contribution in [0.15, 0.2) is 29.3 Å². The number of hydrogen-bond donors (Lipinski definition) is 2. The lowest BCUT2D eigenvalue weighted by molar-refractivity contribution is -0.138. The fourth-order valence-corrected chi connectivity index (χ4v) is 3.64. The number of carboxylic acid groups (broad SMARTS) is 1. The second-order valence-electron chi connectivity index (χ2n) is 6.19. The van der Waals surface area contributed by atoms with Crippen molar-refractivity contribution in [2.75, 3.05) is 0 Å². The van der Waals surface area contributed by atoms with Crippen molar-refractivity contribution in [1.82, 2.24) is 0 Å². The standard InChI is InChI=1S/C17H19ClN2O4/c18-11-5-2-1-4-10(11)17-9-3-6-13(15(17)23)24-16(20-17)12(19)7-8-14(21)22/h1-2,4-5,12-13H,3,6-9,19H2,(H,21,22)/t12-,13+,17+/m0/s1. The van der Waals surface area contributed by atoms with Crippen molar-refractivity contribution >= 4 is 29.3 Å². The molecule has 128 valence electrons. The molecular formula is C17H19ClN2O4.